The molecule has 6 rings (SSSR count). The molecule has 6 saturated carbocycles. The Hall–Kier alpha value is -1.30. The van der Waals surface area contributed by atoms with E-state index in [1.807, 2.05) is 0 Å². The monoisotopic (exact) mass is 783 g/mol. The van der Waals surface area contributed by atoms with Crippen LogP contribution in [0.3, 0.4) is 0 Å². The van der Waals surface area contributed by atoms with Gasteiger partial charge in [-0.25, -0.2) is 0 Å². The maximum Gasteiger partial charge on any atom is -0.0233 e. The third-order valence-electron chi connectivity index (χ3n) is 16.9. The van der Waals surface area contributed by atoms with Crippen LogP contribution in [-0.4, -0.2) is 0 Å². The van der Waals surface area contributed by atoms with Crippen molar-refractivity contribution >= 4 is 0 Å². The third-order valence-corrected chi connectivity index (χ3v) is 16.9. The fourth-order valence-electron chi connectivity index (χ4n) is 12.5. The average molecular weight is 783 g/mol. The fourth-order valence-corrected chi connectivity index (χ4v) is 12.5. The van der Waals surface area contributed by atoms with Crippen LogP contribution >= 0.6 is 0 Å². The minimum absolute atomic E-state index is 0.890. The van der Waals surface area contributed by atoms with E-state index in [1.165, 1.54) is 186 Å². The first-order valence-electron chi connectivity index (χ1n) is 26.1. The van der Waals surface area contributed by atoms with E-state index >= 15 is 0 Å². The van der Waals surface area contributed by atoms with E-state index in [0.29, 0.717) is 0 Å². The van der Waals surface area contributed by atoms with Crippen LogP contribution in [0.1, 0.15) is 228 Å². The van der Waals surface area contributed by atoms with Crippen molar-refractivity contribution in [2.75, 3.05) is 0 Å². The molecule has 0 N–H and O–H groups in total. The van der Waals surface area contributed by atoms with Gasteiger partial charge in [0.05, 0.1) is 0 Å². The highest BCUT2D eigenvalue weighted by Crippen LogP contribution is 2.44. The van der Waals surface area contributed by atoms with Gasteiger partial charge in [0, 0.05) is 0 Å². The summed E-state index contributed by atoms with van der Waals surface area (Å²) in [6, 6.07) is 0. The maximum absolute atomic E-state index is 2.59. The zero-order valence-corrected chi connectivity index (χ0v) is 39.2. The Balaban J connectivity index is 0.000000190. The first-order chi connectivity index (χ1) is 27.9. The van der Waals surface area contributed by atoms with Gasteiger partial charge < -0.3 is 0 Å². The molecule has 0 radical (unpaired) electrons. The van der Waals surface area contributed by atoms with E-state index in [4.69, 9.17) is 0 Å². The number of hydrogen-bond acceptors (Lipinski definition) is 0. The number of hydrogen-bond donors (Lipinski definition) is 0. The predicted molar refractivity (Wildman–Crippen MR) is 256 cm³/mol. The van der Waals surface area contributed by atoms with Crippen LogP contribution in [0.25, 0.3) is 0 Å². The lowest BCUT2D eigenvalue weighted by Crippen LogP contribution is -2.25. The van der Waals surface area contributed by atoms with E-state index in [-0.39, 0.29) is 0 Å². The maximum atomic E-state index is 2.59. The van der Waals surface area contributed by atoms with Gasteiger partial charge >= 0.3 is 0 Å². The molecule has 0 atom stereocenters. The largest absolute Gasteiger partial charge is 0.0917 e. The summed E-state index contributed by atoms with van der Waals surface area (Å²) >= 11 is 0. The molecule has 326 valence electrons. The van der Waals surface area contributed by atoms with E-state index < -0.39 is 0 Å². The van der Waals surface area contributed by atoms with Crippen molar-refractivity contribution in [1.29, 1.82) is 0 Å². The molecular weight excluding hydrogens is 685 g/mol. The Morgan fingerprint density at radius 3 is 0.825 bits per heavy atom. The highest BCUT2D eigenvalue weighted by atomic mass is 14.4. The second kappa shape index (κ2) is 29.0. The van der Waals surface area contributed by atoms with Crippen molar-refractivity contribution in [2.45, 2.75) is 228 Å². The van der Waals surface area contributed by atoms with Crippen LogP contribution < -0.4 is 0 Å². The first-order valence-corrected chi connectivity index (χ1v) is 26.1. The van der Waals surface area contributed by atoms with E-state index in [9.17, 15) is 0 Å². The van der Waals surface area contributed by atoms with Gasteiger partial charge in [0.2, 0.25) is 0 Å². The van der Waals surface area contributed by atoms with Gasteiger partial charge in [-0.2, -0.15) is 0 Å². The van der Waals surface area contributed by atoms with Gasteiger partial charge in [-0.1, -0.05) is 93.9 Å². The molecule has 0 nitrogen and oxygen atoms in total. The summed E-state index contributed by atoms with van der Waals surface area (Å²) in [5.41, 5.74) is 0. The van der Waals surface area contributed by atoms with E-state index in [0.717, 1.165) is 71.0 Å². The van der Waals surface area contributed by atoms with Crippen molar-refractivity contribution in [3.8, 4) is 0 Å². The SMILES string of the molecule is CC=CCC1CCC(C2CCC(C)CC2)CC1.CC=CCC1CCC(C2CCC(CC=CC)CC2)CC1.CC=CCC1CCC(C=CC2CCC(CC)CC2)CC1. The van der Waals surface area contributed by atoms with Gasteiger partial charge in [-0.05, 0) is 266 Å². The van der Waals surface area contributed by atoms with Gasteiger partial charge in [-0.3, -0.25) is 0 Å². The van der Waals surface area contributed by atoms with Crippen molar-refractivity contribution in [3.63, 3.8) is 0 Å². The molecule has 6 aliphatic carbocycles. The molecule has 6 aliphatic rings. The standard InChI is InChI=1S/2C20H34.C17H30/c1-3-5-6-18-11-13-20(14-12-18)16-15-19-9-7-17(4-2)8-10-19;1-3-5-7-17-9-13-19(14-10-17)20-15-11-18(12-16-20)8-6-4-2;1-3-4-5-15-8-12-17(13-9-15)16-10-6-14(2)7-11-16/h3,5,15-20H,4,6-14H2,1-2H3;3-6,17-20H,7-16H2,1-2H3;3-4,14-17H,5-13H2,1-2H3. The first kappa shape index (κ1) is 48.4. The second-order valence-electron chi connectivity index (χ2n) is 20.9. The smallest absolute Gasteiger partial charge is 0.0233 e. The predicted octanol–water partition coefficient (Wildman–Crippen LogP) is 18.6. The Morgan fingerprint density at radius 1 is 0.316 bits per heavy atom. The molecular formula is C57H98. The number of allylic oxidation sites excluding steroid dienone is 10. The quantitative estimate of drug-likeness (QED) is 0.163. The van der Waals surface area contributed by atoms with Crippen LogP contribution in [0, 0.1) is 71.0 Å². The highest BCUT2D eigenvalue weighted by molar-refractivity contribution is 4.97. The lowest BCUT2D eigenvalue weighted by atomic mass is 9.68. The summed E-state index contributed by atoms with van der Waals surface area (Å²) in [6.07, 6.45) is 66.0. The average Bonchev–Trinajstić information content (AvgIpc) is 3.27. The van der Waals surface area contributed by atoms with Gasteiger partial charge in [0.15, 0.2) is 0 Å². The molecule has 0 unspecified atom stereocenters. The fraction of sp³-hybridized carbons (Fsp3) is 0.825. The summed E-state index contributed by atoms with van der Waals surface area (Å²) in [7, 11) is 0. The molecule has 0 aliphatic heterocycles. The van der Waals surface area contributed by atoms with Gasteiger partial charge in [0.25, 0.3) is 0 Å². The molecule has 0 aromatic rings. The lowest BCUT2D eigenvalue weighted by molar-refractivity contribution is 0.147. The van der Waals surface area contributed by atoms with Crippen LogP contribution in [0.4, 0.5) is 0 Å². The Bertz CT molecular complexity index is 1070. The Morgan fingerprint density at radius 2 is 0.561 bits per heavy atom. The summed E-state index contributed by atoms with van der Waals surface area (Å²) < 4.78 is 0. The molecule has 0 aromatic carbocycles. The molecule has 0 aromatic heterocycles. The Kier molecular flexibility index (Phi) is 24.6. The number of rotatable bonds is 13. The van der Waals surface area contributed by atoms with Crippen molar-refractivity contribution in [1.82, 2.24) is 0 Å². The van der Waals surface area contributed by atoms with Crippen LogP contribution in [0.5, 0.6) is 0 Å². The zero-order chi connectivity index (χ0) is 40.5. The molecule has 0 amide bonds. The minimum atomic E-state index is 0.890. The molecule has 0 spiro atoms. The summed E-state index contributed by atoms with van der Waals surface area (Å²) in [6.45, 7) is 13.4. The van der Waals surface area contributed by atoms with Crippen LogP contribution in [0.15, 0.2) is 60.8 Å². The third kappa shape index (κ3) is 18.9. The normalized spacial score (nSPS) is 37.0. The van der Waals surface area contributed by atoms with Gasteiger partial charge in [-0.15, -0.1) is 0 Å². The topological polar surface area (TPSA) is 0 Å². The van der Waals surface area contributed by atoms with E-state index in [1.54, 1.807) is 0 Å². The molecule has 57 heavy (non-hydrogen) atoms. The summed E-state index contributed by atoms with van der Waals surface area (Å²) in [4.78, 5) is 0. The molecule has 0 heterocycles. The molecule has 6 fully saturated rings. The lowest BCUT2D eigenvalue weighted by Gasteiger charge is -2.37. The Labute approximate surface area is 358 Å². The zero-order valence-electron chi connectivity index (χ0n) is 39.2. The van der Waals surface area contributed by atoms with E-state index in [2.05, 4.69) is 102 Å². The summed E-state index contributed by atoms with van der Waals surface area (Å²) in [5.74, 6) is 12.1. The van der Waals surface area contributed by atoms with Crippen LogP contribution in [-0.2, 0) is 0 Å². The second-order valence-corrected chi connectivity index (χ2v) is 20.9. The summed E-state index contributed by atoms with van der Waals surface area (Å²) in [5, 5.41) is 0. The minimum Gasteiger partial charge on any atom is -0.0917 e. The van der Waals surface area contributed by atoms with Crippen LogP contribution in [0.2, 0.25) is 0 Å². The van der Waals surface area contributed by atoms with Crippen molar-refractivity contribution in [2.24, 2.45) is 71.0 Å². The van der Waals surface area contributed by atoms with Crippen molar-refractivity contribution in [3.05, 3.63) is 60.8 Å². The highest BCUT2D eigenvalue weighted by Gasteiger charge is 2.31. The van der Waals surface area contributed by atoms with Crippen molar-refractivity contribution < 1.29 is 0 Å². The molecule has 0 bridgehead atoms. The molecule has 0 saturated heterocycles. The van der Waals surface area contributed by atoms with Gasteiger partial charge in [0.1, 0.15) is 0 Å². The molecule has 0 heteroatoms.